The van der Waals surface area contributed by atoms with Crippen molar-refractivity contribution in [3.05, 3.63) is 24.5 Å². The Balaban J connectivity index is 2.76. The Labute approximate surface area is 88.7 Å². The van der Waals surface area contributed by atoms with Gasteiger partial charge in [-0.15, -0.1) is 11.6 Å². The van der Waals surface area contributed by atoms with Crippen molar-refractivity contribution in [2.24, 2.45) is 5.92 Å². The van der Waals surface area contributed by atoms with E-state index in [-0.39, 0.29) is 11.8 Å². The maximum atomic E-state index is 11.7. The number of pyridine rings is 1. The molecule has 1 aromatic rings. The van der Waals surface area contributed by atoms with E-state index >= 15 is 0 Å². The van der Waals surface area contributed by atoms with Crippen LogP contribution < -0.4 is 4.90 Å². The largest absolute Gasteiger partial charge is 0.314 e. The molecule has 0 bridgehead atoms. The van der Waals surface area contributed by atoms with E-state index in [0.717, 1.165) is 5.69 Å². The molecule has 0 N–H and O–H groups in total. The number of amides is 1. The Bertz CT molecular complexity index is 302. The van der Waals surface area contributed by atoms with Crippen LogP contribution in [0.1, 0.15) is 6.92 Å². The summed E-state index contributed by atoms with van der Waals surface area (Å²) in [5.41, 5.74) is 0.787. The standard InChI is InChI=1S/C10H13ClN2O/c1-8(6-11)10(14)13(2)9-4-3-5-12-7-9/h3-5,7-8H,6H2,1-2H3. The van der Waals surface area contributed by atoms with Crippen LogP contribution >= 0.6 is 11.6 Å². The molecule has 1 rings (SSSR count). The monoisotopic (exact) mass is 212 g/mol. The molecule has 1 aromatic heterocycles. The van der Waals surface area contributed by atoms with Crippen LogP contribution in [0.5, 0.6) is 0 Å². The van der Waals surface area contributed by atoms with E-state index < -0.39 is 0 Å². The summed E-state index contributed by atoms with van der Waals surface area (Å²) in [7, 11) is 1.72. The van der Waals surface area contributed by atoms with Gasteiger partial charge in [0.15, 0.2) is 0 Å². The number of anilines is 1. The summed E-state index contributed by atoms with van der Waals surface area (Å²) >= 11 is 5.62. The molecule has 1 atom stereocenters. The van der Waals surface area contributed by atoms with Crippen molar-refractivity contribution < 1.29 is 4.79 Å². The second-order valence-electron chi connectivity index (χ2n) is 3.16. The number of halogens is 1. The molecule has 1 unspecified atom stereocenters. The second-order valence-corrected chi connectivity index (χ2v) is 3.47. The third-order valence-electron chi connectivity index (χ3n) is 2.02. The fraction of sp³-hybridized carbons (Fsp3) is 0.400. The van der Waals surface area contributed by atoms with E-state index in [1.165, 1.54) is 0 Å². The minimum atomic E-state index is -0.165. The zero-order chi connectivity index (χ0) is 10.6. The lowest BCUT2D eigenvalue weighted by Gasteiger charge is -2.19. The van der Waals surface area contributed by atoms with Crippen LogP contribution in [0.2, 0.25) is 0 Å². The van der Waals surface area contributed by atoms with Crippen molar-refractivity contribution in [2.75, 3.05) is 17.8 Å². The Morgan fingerprint density at radius 2 is 2.43 bits per heavy atom. The minimum Gasteiger partial charge on any atom is -0.314 e. The van der Waals surface area contributed by atoms with E-state index in [4.69, 9.17) is 11.6 Å². The van der Waals surface area contributed by atoms with Crippen LogP contribution in [0.15, 0.2) is 24.5 Å². The van der Waals surface area contributed by atoms with E-state index in [2.05, 4.69) is 4.98 Å². The molecule has 1 heterocycles. The number of rotatable bonds is 3. The zero-order valence-corrected chi connectivity index (χ0v) is 9.03. The molecule has 0 saturated carbocycles. The Morgan fingerprint density at radius 1 is 1.71 bits per heavy atom. The summed E-state index contributed by atoms with van der Waals surface area (Å²) < 4.78 is 0. The number of carbonyl (C=O) groups is 1. The van der Waals surface area contributed by atoms with Gasteiger partial charge in [0, 0.05) is 25.0 Å². The first-order valence-corrected chi connectivity index (χ1v) is 4.94. The molecule has 0 aliphatic carbocycles. The van der Waals surface area contributed by atoms with E-state index in [1.54, 1.807) is 30.4 Å². The molecule has 0 aliphatic heterocycles. The van der Waals surface area contributed by atoms with Gasteiger partial charge in [-0.3, -0.25) is 9.78 Å². The topological polar surface area (TPSA) is 33.2 Å². The molecule has 0 fully saturated rings. The number of hydrogen-bond acceptors (Lipinski definition) is 2. The van der Waals surface area contributed by atoms with Crippen LogP contribution in [-0.2, 0) is 4.79 Å². The van der Waals surface area contributed by atoms with Crippen molar-refractivity contribution in [1.29, 1.82) is 0 Å². The van der Waals surface area contributed by atoms with Gasteiger partial charge in [-0.05, 0) is 12.1 Å². The highest BCUT2D eigenvalue weighted by atomic mass is 35.5. The minimum absolute atomic E-state index is 0.00741. The number of hydrogen-bond donors (Lipinski definition) is 0. The van der Waals surface area contributed by atoms with Gasteiger partial charge >= 0.3 is 0 Å². The van der Waals surface area contributed by atoms with Gasteiger partial charge in [-0.25, -0.2) is 0 Å². The fourth-order valence-corrected chi connectivity index (χ4v) is 1.21. The predicted molar refractivity (Wildman–Crippen MR) is 57.5 cm³/mol. The molecular formula is C10H13ClN2O. The average molecular weight is 213 g/mol. The summed E-state index contributed by atoms with van der Waals surface area (Å²) in [6, 6.07) is 3.64. The number of carbonyl (C=O) groups excluding carboxylic acids is 1. The average Bonchev–Trinajstić information content (AvgIpc) is 2.27. The van der Waals surface area contributed by atoms with Crippen molar-refractivity contribution >= 4 is 23.2 Å². The highest BCUT2D eigenvalue weighted by Crippen LogP contribution is 2.13. The van der Waals surface area contributed by atoms with Gasteiger partial charge in [0.25, 0.3) is 0 Å². The third kappa shape index (κ3) is 2.45. The van der Waals surface area contributed by atoms with Gasteiger partial charge in [0.2, 0.25) is 5.91 Å². The lowest BCUT2D eigenvalue weighted by Crippen LogP contribution is -2.32. The van der Waals surface area contributed by atoms with Crippen LogP contribution in [0.25, 0.3) is 0 Å². The predicted octanol–water partition coefficient (Wildman–Crippen LogP) is 1.92. The van der Waals surface area contributed by atoms with Crippen molar-refractivity contribution in [1.82, 2.24) is 4.98 Å². The summed E-state index contributed by atoms with van der Waals surface area (Å²) in [5.74, 6) is 0.179. The van der Waals surface area contributed by atoms with Gasteiger partial charge in [-0.1, -0.05) is 6.92 Å². The molecule has 0 aromatic carbocycles. The van der Waals surface area contributed by atoms with Crippen molar-refractivity contribution in [3.8, 4) is 0 Å². The van der Waals surface area contributed by atoms with Crippen LogP contribution in [-0.4, -0.2) is 23.8 Å². The van der Waals surface area contributed by atoms with E-state index in [9.17, 15) is 4.79 Å². The third-order valence-corrected chi connectivity index (χ3v) is 2.48. The Kier molecular flexibility index (Phi) is 3.89. The second kappa shape index (κ2) is 4.96. The molecular weight excluding hydrogens is 200 g/mol. The molecule has 76 valence electrons. The lowest BCUT2D eigenvalue weighted by molar-refractivity contribution is -0.121. The van der Waals surface area contributed by atoms with Gasteiger partial charge in [-0.2, -0.15) is 0 Å². The molecule has 0 aliphatic rings. The molecule has 0 radical (unpaired) electrons. The maximum absolute atomic E-state index is 11.7. The number of alkyl halides is 1. The molecule has 3 nitrogen and oxygen atoms in total. The smallest absolute Gasteiger partial charge is 0.230 e. The van der Waals surface area contributed by atoms with Crippen molar-refractivity contribution in [3.63, 3.8) is 0 Å². The Hall–Kier alpha value is -1.09. The molecule has 14 heavy (non-hydrogen) atoms. The normalized spacial score (nSPS) is 12.2. The molecule has 1 amide bonds. The quantitative estimate of drug-likeness (QED) is 0.718. The van der Waals surface area contributed by atoms with E-state index in [1.807, 2.05) is 13.0 Å². The van der Waals surface area contributed by atoms with Crippen LogP contribution in [0.3, 0.4) is 0 Å². The maximum Gasteiger partial charge on any atom is 0.230 e. The highest BCUT2D eigenvalue weighted by molar-refractivity contribution is 6.19. The number of nitrogens with zero attached hydrogens (tertiary/aromatic N) is 2. The SMILES string of the molecule is CC(CCl)C(=O)N(C)c1cccnc1. The lowest BCUT2D eigenvalue weighted by atomic mass is 10.2. The molecule has 0 spiro atoms. The van der Waals surface area contributed by atoms with Crippen molar-refractivity contribution in [2.45, 2.75) is 6.92 Å². The molecule has 4 heteroatoms. The van der Waals surface area contributed by atoms with Gasteiger partial charge < -0.3 is 4.90 Å². The first kappa shape index (κ1) is 11.0. The Morgan fingerprint density at radius 3 is 2.93 bits per heavy atom. The van der Waals surface area contributed by atoms with Crippen LogP contribution in [0.4, 0.5) is 5.69 Å². The number of aromatic nitrogens is 1. The van der Waals surface area contributed by atoms with Crippen LogP contribution in [0, 0.1) is 5.92 Å². The van der Waals surface area contributed by atoms with Gasteiger partial charge in [0.1, 0.15) is 0 Å². The molecule has 0 saturated heterocycles. The fourth-order valence-electron chi connectivity index (χ4n) is 1.08. The van der Waals surface area contributed by atoms with Gasteiger partial charge in [0.05, 0.1) is 11.9 Å². The first-order valence-electron chi connectivity index (χ1n) is 4.40. The summed E-state index contributed by atoms with van der Waals surface area (Å²) in [6.07, 6.45) is 3.33. The first-order chi connectivity index (χ1) is 6.66. The zero-order valence-electron chi connectivity index (χ0n) is 8.27. The highest BCUT2D eigenvalue weighted by Gasteiger charge is 2.17. The summed E-state index contributed by atoms with van der Waals surface area (Å²) in [4.78, 5) is 17.2. The van der Waals surface area contributed by atoms with E-state index in [0.29, 0.717) is 5.88 Å². The summed E-state index contributed by atoms with van der Waals surface area (Å²) in [6.45, 7) is 1.81. The summed E-state index contributed by atoms with van der Waals surface area (Å²) in [5, 5.41) is 0.